The van der Waals surface area contributed by atoms with Crippen LogP contribution in [-0.2, 0) is 0 Å². The minimum absolute atomic E-state index is 0.588. The molecule has 3 N–H and O–H groups in total. The number of rotatable bonds is 3. The van der Waals surface area contributed by atoms with Gasteiger partial charge in [0.05, 0.1) is 5.84 Å². The Bertz CT molecular complexity index is 221. The first-order valence-corrected chi connectivity index (χ1v) is 6.89. The van der Waals surface area contributed by atoms with Crippen molar-refractivity contribution >= 4 is 5.84 Å². The molecule has 3 nitrogen and oxygen atoms in total. The fourth-order valence-corrected chi connectivity index (χ4v) is 2.91. The van der Waals surface area contributed by atoms with Crippen LogP contribution in [0, 0.1) is 11.3 Å². The van der Waals surface area contributed by atoms with Crippen LogP contribution in [0.1, 0.15) is 51.4 Å². The second-order valence-corrected chi connectivity index (χ2v) is 5.34. The van der Waals surface area contributed by atoms with Gasteiger partial charge in [-0.2, -0.15) is 0 Å². The molecule has 1 atom stereocenters. The van der Waals surface area contributed by atoms with Gasteiger partial charge in [-0.3, -0.25) is 5.41 Å². The number of hydrogen-bond donors (Lipinski definition) is 3. The summed E-state index contributed by atoms with van der Waals surface area (Å²) in [6, 6.07) is 0.588. The maximum Gasteiger partial charge on any atom is 0.0933 e. The van der Waals surface area contributed by atoms with Crippen LogP contribution in [0.3, 0.4) is 0 Å². The van der Waals surface area contributed by atoms with E-state index in [0.29, 0.717) is 6.04 Å². The van der Waals surface area contributed by atoms with Gasteiger partial charge >= 0.3 is 0 Å². The Balaban J connectivity index is 1.69. The molecule has 3 heteroatoms. The first-order chi connectivity index (χ1) is 7.84. The largest absolute Gasteiger partial charge is 0.371 e. The fraction of sp³-hybridized carbons (Fsp3) is 0.923. The minimum atomic E-state index is 0.588. The van der Waals surface area contributed by atoms with Crippen LogP contribution in [0.2, 0.25) is 0 Å². The number of piperidine rings is 1. The van der Waals surface area contributed by atoms with Crippen LogP contribution in [0.25, 0.3) is 0 Å². The van der Waals surface area contributed by atoms with Gasteiger partial charge in [-0.05, 0) is 57.5 Å². The van der Waals surface area contributed by atoms with Crippen molar-refractivity contribution in [3.05, 3.63) is 0 Å². The van der Waals surface area contributed by atoms with Gasteiger partial charge in [-0.1, -0.05) is 6.42 Å². The molecule has 0 aromatic heterocycles. The summed E-state index contributed by atoms with van der Waals surface area (Å²) < 4.78 is 0. The monoisotopic (exact) mass is 223 g/mol. The molecule has 0 aromatic carbocycles. The summed E-state index contributed by atoms with van der Waals surface area (Å²) in [6.45, 7) is 2.41. The normalized spacial score (nSPS) is 28.5. The Morgan fingerprint density at radius 3 is 2.69 bits per heavy atom. The second kappa shape index (κ2) is 6.24. The van der Waals surface area contributed by atoms with E-state index < -0.39 is 0 Å². The summed E-state index contributed by atoms with van der Waals surface area (Å²) in [7, 11) is 0. The van der Waals surface area contributed by atoms with E-state index in [2.05, 4.69) is 10.6 Å². The summed E-state index contributed by atoms with van der Waals surface area (Å²) in [5, 5.41) is 14.6. The second-order valence-electron chi connectivity index (χ2n) is 5.34. The van der Waals surface area contributed by atoms with Gasteiger partial charge < -0.3 is 10.6 Å². The van der Waals surface area contributed by atoms with Crippen LogP contribution in [0.15, 0.2) is 0 Å². The first-order valence-electron chi connectivity index (χ1n) is 6.89. The van der Waals surface area contributed by atoms with Crippen molar-refractivity contribution < 1.29 is 0 Å². The minimum Gasteiger partial charge on any atom is -0.371 e. The number of nitrogens with one attached hydrogen (secondary N) is 3. The third-order valence-corrected chi connectivity index (χ3v) is 3.99. The number of hydrogen-bond acceptors (Lipinski definition) is 2. The SMILES string of the molecule is N=C1CCCCC(CCC2CCNCC2)N1. The van der Waals surface area contributed by atoms with Gasteiger partial charge in [-0.15, -0.1) is 0 Å². The third-order valence-electron chi connectivity index (χ3n) is 3.99. The Kier molecular flexibility index (Phi) is 4.64. The maximum atomic E-state index is 7.76. The van der Waals surface area contributed by atoms with Crippen LogP contribution >= 0.6 is 0 Å². The highest BCUT2D eigenvalue weighted by Gasteiger charge is 2.18. The lowest BCUT2D eigenvalue weighted by atomic mass is 9.90. The molecule has 2 aliphatic heterocycles. The topological polar surface area (TPSA) is 47.9 Å². The van der Waals surface area contributed by atoms with E-state index in [9.17, 15) is 0 Å². The highest BCUT2D eigenvalue weighted by Crippen LogP contribution is 2.21. The quantitative estimate of drug-likeness (QED) is 0.687. The molecule has 2 heterocycles. The molecule has 0 aromatic rings. The summed E-state index contributed by atoms with van der Waals surface area (Å²) in [6.07, 6.45) is 10.1. The predicted molar refractivity (Wildman–Crippen MR) is 67.9 cm³/mol. The summed E-state index contributed by atoms with van der Waals surface area (Å²) >= 11 is 0. The van der Waals surface area contributed by atoms with Gasteiger partial charge in [0.1, 0.15) is 0 Å². The Morgan fingerprint density at radius 1 is 1.06 bits per heavy atom. The zero-order valence-corrected chi connectivity index (χ0v) is 10.2. The molecule has 2 rings (SSSR count). The van der Waals surface area contributed by atoms with Gasteiger partial charge in [0.25, 0.3) is 0 Å². The maximum absolute atomic E-state index is 7.76. The van der Waals surface area contributed by atoms with Crippen molar-refractivity contribution in [2.45, 2.75) is 57.4 Å². The van der Waals surface area contributed by atoms with E-state index in [1.165, 1.54) is 58.0 Å². The molecule has 0 saturated carbocycles. The molecular weight excluding hydrogens is 198 g/mol. The lowest BCUT2D eigenvalue weighted by Gasteiger charge is -2.25. The Morgan fingerprint density at radius 2 is 1.88 bits per heavy atom. The molecule has 0 bridgehead atoms. The van der Waals surface area contributed by atoms with Crippen LogP contribution in [0.5, 0.6) is 0 Å². The van der Waals surface area contributed by atoms with Crippen molar-refractivity contribution in [1.29, 1.82) is 5.41 Å². The van der Waals surface area contributed by atoms with Crippen LogP contribution in [-0.4, -0.2) is 25.0 Å². The molecule has 0 radical (unpaired) electrons. The van der Waals surface area contributed by atoms with E-state index in [0.717, 1.165) is 18.2 Å². The van der Waals surface area contributed by atoms with Crippen LogP contribution < -0.4 is 10.6 Å². The molecule has 92 valence electrons. The van der Waals surface area contributed by atoms with E-state index >= 15 is 0 Å². The van der Waals surface area contributed by atoms with Gasteiger partial charge in [0, 0.05) is 12.5 Å². The van der Waals surface area contributed by atoms with Crippen molar-refractivity contribution in [2.75, 3.05) is 13.1 Å². The summed E-state index contributed by atoms with van der Waals surface area (Å²) in [5.41, 5.74) is 0. The average Bonchev–Trinajstić information content (AvgIpc) is 2.52. The van der Waals surface area contributed by atoms with Gasteiger partial charge in [-0.25, -0.2) is 0 Å². The van der Waals surface area contributed by atoms with E-state index in [1.54, 1.807) is 0 Å². The molecule has 0 spiro atoms. The molecule has 2 saturated heterocycles. The molecule has 1 unspecified atom stereocenters. The Hall–Kier alpha value is -0.570. The van der Waals surface area contributed by atoms with E-state index in [-0.39, 0.29) is 0 Å². The first kappa shape index (κ1) is 11.9. The molecule has 2 fully saturated rings. The number of amidine groups is 1. The standard InChI is InChI=1S/C13H25N3/c14-13-4-2-1-3-12(16-13)6-5-11-7-9-15-10-8-11/h11-12,15H,1-10H2,(H2,14,16). The zero-order chi connectivity index (χ0) is 11.2. The van der Waals surface area contributed by atoms with Crippen molar-refractivity contribution in [3.63, 3.8) is 0 Å². The molecule has 0 aliphatic carbocycles. The summed E-state index contributed by atoms with van der Waals surface area (Å²) in [5.74, 6) is 1.70. The highest BCUT2D eigenvalue weighted by molar-refractivity contribution is 5.79. The van der Waals surface area contributed by atoms with Crippen LogP contribution in [0.4, 0.5) is 0 Å². The predicted octanol–water partition coefficient (Wildman–Crippen LogP) is 2.28. The third kappa shape index (κ3) is 3.78. The zero-order valence-electron chi connectivity index (χ0n) is 10.2. The van der Waals surface area contributed by atoms with Crippen molar-refractivity contribution in [2.24, 2.45) is 5.92 Å². The molecular formula is C13H25N3. The van der Waals surface area contributed by atoms with Gasteiger partial charge in [0.15, 0.2) is 0 Å². The lowest BCUT2D eigenvalue weighted by Crippen LogP contribution is -2.34. The van der Waals surface area contributed by atoms with E-state index in [1.807, 2.05) is 0 Å². The molecule has 0 amide bonds. The molecule has 2 aliphatic rings. The average molecular weight is 223 g/mol. The summed E-state index contributed by atoms with van der Waals surface area (Å²) in [4.78, 5) is 0. The van der Waals surface area contributed by atoms with Gasteiger partial charge in [0.2, 0.25) is 0 Å². The fourth-order valence-electron chi connectivity index (χ4n) is 2.91. The van der Waals surface area contributed by atoms with E-state index in [4.69, 9.17) is 5.41 Å². The smallest absolute Gasteiger partial charge is 0.0933 e. The van der Waals surface area contributed by atoms with Crippen molar-refractivity contribution in [3.8, 4) is 0 Å². The lowest BCUT2D eigenvalue weighted by molar-refractivity contribution is 0.328. The molecule has 16 heavy (non-hydrogen) atoms. The highest BCUT2D eigenvalue weighted by atomic mass is 15.0. The Labute approximate surface area is 98.9 Å². The van der Waals surface area contributed by atoms with Crippen molar-refractivity contribution in [1.82, 2.24) is 10.6 Å².